The number of carbonyl (C=O) groups is 2. The Hall–Kier alpha value is -2.67. The highest BCUT2D eigenvalue weighted by Crippen LogP contribution is 2.24. The Kier molecular flexibility index (Phi) is 6.14. The minimum absolute atomic E-state index is 0.00650. The lowest BCUT2D eigenvalue weighted by Gasteiger charge is -2.29. The van der Waals surface area contributed by atoms with E-state index in [1.807, 2.05) is 0 Å². The second kappa shape index (κ2) is 8.56. The standard InChI is InChI=1S/C20H21ClFN3O3/c1-11-3-2-4-15(17(11)26)19(27)24-13-5-7-14(8-6-13)25-20(28)16-9-12(22)10-23-18(16)21/h2-4,9-10,13-14,26H,5-8H2,1H3,(H,24,27)(H,25,28)/t13-,14+. The van der Waals surface area contributed by atoms with E-state index in [2.05, 4.69) is 15.6 Å². The molecule has 1 aromatic heterocycles. The number of para-hydroxylation sites is 1. The molecule has 1 aromatic carbocycles. The van der Waals surface area contributed by atoms with Crippen molar-refractivity contribution in [2.24, 2.45) is 0 Å². The van der Waals surface area contributed by atoms with E-state index in [4.69, 9.17) is 11.6 Å². The SMILES string of the molecule is Cc1cccc(C(=O)N[C@H]2CC[C@@H](NC(=O)c3cc(F)cnc3Cl)CC2)c1O. The van der Waals surface area contributed by atoms with Crippen LogP contribution in [0, 0.1) is 12.7 Å². The summed E-state index contributed by atoms with van der Waals surface area (Å²) in [5.41, 5.74) is 0.903. The Labute approximate surface area is 167 Å². The quantitative estimate of drug-likeness (QED) is 0.680. The van der Waals surface area contributed by atoms with E-state index in [0.29, 0.717) is 31.2 Å². The first-order valence-corrected chi connectivity index (χ1v) is 9.44. The number of pyridine rings is 1. The van der Waals surface area contributed by atoms with Crippen LogP contribution in [0.2, 0.25) is 5.15 Å². The molecular formula is C20H21ClFN3O3. The van der Waals surface area contributed by atoms with Gasteiger partial charge in [0, 0.05) is 12.1 Å². The van der Waals surface area contributed by atoms with Crippen LogP contribution in [0.1, 0.15) is 52.0 Å². The summed E-state index contributed by atoms with van der Waals surface area (Å²) < 4.78 is 13.3. The number of benzene rings is 1. The fourth-order valence-electron chi connectivity index (χ4n) is 3.33. The number of carbonyl (C=O) groups excluding carboxylic acids is 2. The fourth-order valence-corrected chi connectivity index (χ4v) is 3.52. The molecule has 0 unspecified atom stereocenters. The summed E-state index contributed by atoms with van der Waals surface area (Å²) in [5, 5.41) is 15.8. The van der Waals surface area contributed by atoms with Crippen LogP contribution < -0.4 is 10.6 Å². The summed E-state index contributed by atoms with van der Waals surface area (Å²) in [6, 6.07) is 5.97. The van der Waals surface area contributed by atoms with Gasteiger partial charge in [0.1, 0.15) is 16.7 Å². The molecule has 0 spiro atoms. The van der Waals surface area contributed by atoms with Crippen molar-refractivity contribution in [2.75, 3.05) is 0 Å². The molecule has 0 bridgehead atoms. The van der Waals surface area contributed by atoms with Crippen LogP contribution in [0.5, 0.6) is 5.75 Å². The maximum atomic E-state index is 13.3. The minimum Gasteiger partial charge on any atom is -0.507 e. The monoisotopic (exact) mass is 405 g/mol. The maximum absolute atomic E-state index is 13.3. The Balaban J connectivity index is 1.53. The van der Waals surface area contributed by atoms with Crippen molar-refractivity contribution in [2.45, 2.75) is 44.7 Å². The maximum Gasteiger partial charge on any atom is 0.255 e. The summed E-state index contributed by atoms with van der Waals surface area (Å²) in [4.78, 5) is 28.3. The summed E-state index contributed by atoms with van der Waals surface area (Å²) in [6.45, 7) is 1.74. The second-order valence-corrected chi connectivity index (χ2v) is 7.32. The molecule has 2 amide bonds. The number of amides is 2. The van der Waals surface area contributed by atoms with Gasteiger partial charge in [0.15, 0.2) is 0 Å². The molecule has 2 aromatic rings. The molecular weight excluding hydrogens is 385 g/mol. The van der Waals surface area contributed by atoms with E-state index in [0.717, 1.165) is 12.3 Å². The van der Waals surface area contributed by atoms with Gasteiger partial charge in [-0.2, -0.15) is 0 Å². The van der Waals surface area contributed by atoms with Crippen LogP contribution in [-0.2, 0) is 0 Å². The lowest BCUT2D eigenvalue weighted by molar-refractivity contribution is 0.0890. The third kappa shape index (κ3) is 4.59. The highest BCUT2D eigenvalue weighted by atomic mass is 35.5. The predicted molar refractivity (Wildman–Crippen MR) is 103 cm³/mol. The topological polar surface area (TPSA) is 91.3 Å². The Morgan fingerprint density at radius 3 is 2.29 bits per heavy atom. The van der Waals surface area contributed by atoms with Crippen LogP contribution >= 0.6 is 11.6 Å². The Morgan fingerprint density at radius 1 is 1.11 bits per heavy atom. The smallest absolute Gasteiger partial charge is 0.255 e. The molecule has 1 saturated carbocycles. The van der Waals surface area contributed by atoms with Crippen molar-refractivity contribution in [3.8, 4) is 5.75 Å². The van der Waals surface area contributed by atoms with Gasteiger partial charge in [0.25, 0.3) is 11.8 Å². The minimum atomic E-state index is -0.625. The number of phenolic OH excluding ortho intramolecular Hbond substituents is 1. The van der Waals surface area contributed by atoms with Crippen molar-refractivity contribution in [1.82, 2.24) is 15.6 Å². The zero-order valence-corrected chi connectivity index (χ0v) is 16.1. The van der Waals surface area contributed by atoms with E-state index >= 15 is 0 Å². The van der Waals surface area contributed by atoms with Gasteiger partial charge < -0.3 is 15.7 Å². The first kappa shape index (κ1) is 20.1. The summed E-state index contributed by atoms with van der Waals surface area (Å²) in [6.07, 6.45) is 3.64. The molecule has 3 N–H and O–H groups in total. The number of phenols is 1. The van der Waals surface area contributed by atoms with Gasteiger partial charge in [-0.15, -0.1) is 0 Å². The molecule has 0 atom stereocenters. The summed E-state index contributed by atoms with van der Waals surface area (Å²) in [5.74, 6) is -1.41. The molecule has 1 heterocycles. The molecule has 1 aliphatic carbocycles. The number of nitrogens with zero attached hydrogens (tertiary/aromatic N) is 1. The van der Waals surface area contributed by atoms with E-state index in [1.165, 1.54) is 0 Å². The molecule has 8 heteroatoms. The molecule has 0 radical (unpaired) electrons. The molecule has 1 fully saturated rings. The van der Waals surface area contributed by atoms with Gasteiger partial charge in [-0.25, -0.2) is 9.37 Å². The van der Waals surface area contributed by atoms with Gasteiger partial charge in [-0.05, 0) is 50.3 Å². The van der Waals surface area contributed by atoms with Gasteiger partial charge >= 0.3 is 0 Å². The van der Waals surface area contributed by atoms with Crippen molar-refractivity contribution >= 4 is 23.4 Å². The molecule has 0 aliphatic heterocycles. The number of aromatic hydroxyl groups is 1. The lowest BCUT2D eigenvalue weighted by atomic mass is 9.90. The van der Waals surface area contributed by atoms with E-state index in [9.17, 15) is 19.1 Å². The molecule has 6 nitrogen and oxygen atoms in total. The molecule has 1 aliphatic rings. The van der Waals surface area contributed by atoms with E-state index in [-0.39, 0.29) is 40.0 Å². The predicted octanol–water partition coefficient (Wildman–Crippen LogP) is 3.36. The Morgan fingerprint density at radius 2 is 1.68 bits per heavy atom. The normalized spacial score (nSPS) is 19.1. The Bertz CT molecular complexity index is 874. The van der Waals surface area contributed by atoms with Crippen molar-refractivity contribution < 1.29 is 19.1 Å². The zero-order valence-electron chi connectivity index (χ0n) is 15.3. The van der Waals surface area contributed by atoms with Crippen LogP contribution in [0.15, 0.2) is 30.5 Å². The van der Waals surface area contributed by atoms with Crippen molar-refractivity contribution in [1.29, 1.82) is 0 Å². The number of rotatable bonds is 4. The largest absolute Gasteiger partial charge is 0.507 e. The van der Waals surface area contributed by atoms with Gasteiger partial charge in [-0.1, -0.05) is 23.7 Å². The van der Waals surface area contributed by atoms with Crippen molar-refractivity contribution in [3.63, 3.8) is 0 Å². The summed E-state index contributed by atoms with van der Waals surface area (Å²) >= 11 is 5.86. The number of hydrogen-bond acceptors (Lipinski definition) is 4. The van der Waals surface area contributed by atoms with Gasteiger partial charge in [0.2, 0.25) is 0 Å². The van der Waals surface area contributed by atoms with Crippen LogP contribution in [-0.4, -0.2) is 34.0 Å². The number of hydrogen-bond donors (Lipinski definition) is 3. The molecule has 148 valence electrons. The van der Waals surface area contributed by atoms with Crippen LogP contribution in [0.25, 0.3) is 0 Å². The highest BCUT2D eigenvalue weighted by molar-refractivity contribution is 6.32. The molecule has 0 saturated heterocycles. The first-order valence-electron chi connectivity index (χ1n) is 9.06. The van der Waals surface area contributed by atoms with Crippen LogP contribution in [0.3, 0.4) is 0 Å². The van der Waals surface area contributed by atoms with Crippen molar-refractivity contribution in [3.05, 3.63) is 58.1 Å². The van der Waals surface area contributed by atoms with Gasteiger partial charge in [0.05, 0.1) is 17.3 Å². The van der Waals surface area contributed by atoms with E-state index in [1.54, 1.807) is 25.1 Å². The van der Waals surface area contributed by atoms with Crippen LogP contribution in [0.4, 0.5) is 4.39 Å². The average Bonchev–Trinajstić information content (AvgIpc) is 2.67. The second-order valence-electron chi connectivity index (χ2n) is 6.96. The summed E-state index contributed by atoms with van der Waals surface area (Å²) in [7, 11) is 0. The molecule has 28 heavy (non-hydrogen) atoms. The highest BCUT2D eigenvalue weighted by Gasteiger charge is 2.25. The zero-order chi connectivity index (χ0) is 20.3. The number of nitrogens with one attached hydrogen (secondary N) is 2. The van der Waals surface area contributed by atoms with Gasteiger partial charge in [-0.3, -0.25) is 9.59 Å². The van der Waals surface area contributed by atoms with E-state index < -0.39 is 11.7 Å². The third-order valence-corrected chi connectivity index (χ3v) is 5.23. The number of halogens is 2. The number of aryl methyl sites for hydroxylation is 1. The molecule has 3 rings (SSSR count). The fraction of sp³-hybridized carbons (Fsp3) is 0.350. The number of aromatic nitrogens is 1. The average molecular weight is 406 g/mol. The third-order valence-electron chi connectivity index (χ3n) is 4.93. The lowest BCUT2D eigenvalue weighted by Crippen LogP contribution is -2.44. The first-order chi connectivity index (χ1) is 13.3.